The van der Waals surface area contributed by atoms with E-state index in [0.29, 0.717) is 51.9 Å². The van der Waals surface area contributed by atoms with E-state index in [1.165, 1.54) is 12.1 Å². The van der Waals surface area contributed by atoms with E-state index < -0.39 is 50.0 Å². The summed E-state index contributed by atoms with van der Waals surface area (Å²) >= 11 is 12.5. The smallest absolute Gasteiger partial charge is 0.306 e. The summed E-state index contributed by atoms with van der Waals surface area (Å²) in [6.45, 7) is 9.37. The Morgan fingerprint density at radius 1 is 0.630 bits per heavy atom. The average Bonchev–Trinajstić information content (AvgIpc) is 3.83. The fraction of sp³-hybridized carbons (Fsp3) is 0.365. The zero-order valence-corrected chi connectivity index (χ0v) is 44.7. The molecule has 0 aliphatic carbocycles. The Kier molecular flexibility index (Phi) is 20.9. The number of carbonyl (C=O) groups is 3. The molecule has 6 aromatic rings. The molecule has 2 aromatic heterocycles. The quantitative estimate of drug-likeness (QED) is 0.0406. The van der Waals surface area contributed by atoms with Gasteiger partial charge in [-0.25, -0.2) is 36.2 Å². The third-order valence-electron chi connectivity index (χ3n) is 11.2. The molecule has 0 fully saturated rings. The molecule has 0 saturated heterocycles. The number of nitrogens with zero attached hydrogens (tertiary/aromatic N) is 4. The minimum absolute atomic E-state index is 0.00893. The molecular formula is C52H63Cl2N7O10S2. The number of benzene rings is 4. The number of imidazole rings is 2. The molecule has 2 amide bonds. The summed E-state index contributed by atoms with van der Waals surface area (Å²) in [4.78, 5) is 44.6. The van der Waals surface area contributed by atoms with E-state index in [1.54, 1.807) is 69.3 Å². The number of hydrogen-bond acceptors (Lipinski definition) is 13. The van der Waals surface area contributed by atoms with Crippen LogP contribution in [0.2, 0.25) is 10.3 Å². The second-order valence-corrected chi connectivity index (χ2v) is 22.0. The molecule has 0 aliphatic rings. The standard InChI is InChI=1S/C29H36ClN3O6S.C23H27ClN4O4S/c1-5-6-11-25-31-28(30)23(19-34)33(25)18-20-12-14-21(15-13-20)22-9-7-8-10-24(22)40(37,38)32-26(35)16-17-27(36)39-29(2,3)4;1-2-3-8-21-26-23(24)19(15-29)28(21)14-16-9-11-17(12-10-16)18-6-4-5-7-20(18)33(31,32)27-22(30)13-25/h7-10,12-15,34H,5-6,11,16-19H2,1-4H3,(H,32,35);4-7,9-12,29H,2-3,8,13-15,25H2,1H3,(H,27,30). The third kappa shape index (κ3) is 16.0. The van der Waals surface area contributed by atoms with Gasteiger partial charge in [-0.2, -0.15) is 0 Å². The van der Waals surface area contributed by atoms with E-state index >= 15 is 0 Å². The van der Waals surface area contributed by atoms with E-state index in [4.69, 9.17) is 33.7 Å². The Balaban J connectivity index is 0.000000276. The van der Waals surface area contributed by atoms with Crippen molar-refractivity contribution >= 4 is 61.0 Å². The molecule has 17 nitrogen and oxygen atoms in total. The zero-order chi connectivity index (χ0) is 53.5. The molecule has 0 spiro atoms. The largest absolute Gasteiger partial charge is 0.460 e. The number of esters is 1. The third-order valence-corrected chi connectivity index (χ3v) is 14.7. The number of aliphatic hydroxyl groups is 2. The minimum atomic E-state index is -4.21. The van der Waals surface area contributed by atoms with Crippen molar-refractivity contribution in [3.05, 3.63) is 142 Å². The maximum Gasteiger partial charge on any atom is 0.306 e. The van der Waals surface area contributed by atoms with Gasteiger partial charge in [0.05, 0.1) is 47.4 Å². The predicted octanol–water partition coefficient (Wildman–Crippen LogP) is 7.86. The summed E-state index contributed by atoms with van der Waals surface area (Å²) in [6, 6.07) is 27.6. The summed E-state index contributed by atoms with van der Waals surface area (Å²) in [5, 5.41) is 20.2. The normalized spacial score (nSPS) is 11.7. The van der Waals surface area contributed by atoms with Gasteiger partial charge in [-0.1, -0.05) is 135 Å². The fourth-order valence-corrected chi connectivity index (χ4v) is 10.7. The number of nitrogens with one attached hydrogen (secondary N) is 2. The van der Waals surface area contributed by atoms with Crippen LogP contribution in [0.5, 0.6) is 0 Å². The van der Waals surface area contributed by atoms with Crippen molar-refractivity contribution in [3.63, 3.8) is 0 Å². The highest BCUT2D eigenvalue weighted by Gasteiger charge is 2.25. The number of aromatic nitrogens is 4. The molecule has 0 atom stereocenters. The van der Waals surface area contributed by atoms with Crippen molar-refractivity contribution in [2.24, 2.45) is 5.73 Å². The van der Waals surface area contributed by atoms with Gasteiger partial charge in [-0.15, -0.1) is 0 Å². The van der Waals surface area contributed by atoms with Crippen LogP contribution >= 0.6 is 23.2 Å². The van der Waals surface area contributed by atoms with Gasteiger partial charge >= 0.3 is 5.97 Å². The highest BCUT2D eigenvalue weighted by Crippen LogP contribution is 2.30. The molecule has 21 heteroatoms. The van der Waals surface area contributed by atoms with Gasteiger partial charge in [0, 0.05) is 43.5 Å². The topological polar surface area (TPSA) is 255 Å². The Bertz CT molecular complexity index is 3080. The Morgan fingerprint density at radius 3 is 1.40 bits per heavy atom. The minimum Gasteiger partial charge on any atom is -0.460 e. The lowest BCUT2D eigenvalue weighted by molar-refractivity contribution is -0.155. The highest BCUT2D eigenvalue weighted by atomic mass is 35.5. The lowest BCUT2D eigenvalue weighted by Crippen LogP contribution is -2.35. The average molecular weight is 1080 g/mol. The maximum atomic E-state index is 13.1. The molecule has 0 radical (unpaired) electrons. The lowest BCUT2D eigenvalue weighted by atomic mass is 10.0. The number of aliphatic hydroxyl groups excluding tert-OH is 2. The van der Waals surface area contributed by atoms with Gasteiger partial charge in [0.2, 0.25) is 11.8 Å². The molecule has 6 N–H and O–H groups in total. The van der Waals surface area contributed by atoms with Gasteiger partial charge in [-0.05, 0) is 68.0 Å². The number of amides is 2. The molecule has 0 unspecified atom stereocenters. The van der Waals surface area contributed by atoms with Gasteiger partial charge < -0.3 is 29.8 Å². The SMILES string of the molecule is CCCCc1nc(Cl)c(CO)n1Cc1ccc(-c2ccccc2S(=O)(=O)NC(=O)CCC(=O)OC(C)(C)C)cc1.CCCCc1nc(Cl)c(CO)n1Cc1ccc(-c2ccccc2S(=O)(=O)NC(=O)CN)cc1. The molecule has 2 heterocycles. The first-order valence-electron chi connectivity index (χ1n) is 23.7. The van der Waals surface area contributed by atoms with Crippen molar-refractivity contribution in [1.29, 1.82) is 0 Å². The van der Waals surface area contributed by atoms with Gasteiger partial charge in [0.15, 0.2) is 10.3 Å². The monoisotopic (exact) mass is 1080 g/mol. The maximum absolute atomic E-state index is 13.1. The molecule has 73 heavy (non-hydrogen) atoms. The van der Waals surface area contributed by atoms with E-state index in [1.807, 2.05) is 50.3 Å². The van der Waals surface area contributed by atoms with E-state index in [9.17, 15) is 41.4 Å². The van der Waals surface area contributed by atoms with Crippen molar-refractivity contribution in [1.82, 2.24) is 28.5 Å². The van der Waals surface area contributed by atoms with Crippen molar-refractivity contribution in [2.45, 2.75) is 128 Å². The van der Waals surface area contributed by atoms with Crippen LogP contribution in [-0.2, 0) is 78.3 Å². The van der Waals surface area contributed by atoms with Crippen LogP contribution in [0, 0.1) is 0 Å². The number of hydrogen-bond donors (Lipinski definition) is 5. The zero-order valence-electron chi connectivity index (χ0n) is 41.5. The number of halogens is 2. The van der Waals surface area contributed by atoms with Crippen LogP contribution in [0.1, 0.15) is 107 Å². The molecule has 4 aromatic carbocycles. The first-order valence-corrected chi connectivity index (χ1v) is 27.5. The van der Waals surface area contributed by atoms with Crippen molar-refractivity contribution in [3.8, 4) is 22.3 Å². The van der Waals surface area contributed by atoms with Crippen molar-refractivity contribution < 1.29 is 46.2 Å². The van der Waals surface area contributed by atoms with Gasteiger partial charge in [0.25, 0.3) is 20.0 Å². The first-order chi connectivity index (χ1) is 34.6. The molecule has 0 aliphatic heterocycles. The highest BCUT2D eigenvalue weighted by molar-refractivity contribution is 7.90. The van der Waals surface area contributed by atoms with E-state index in [0.717, 1.165) is 61.3 Å². The van der Waals surface area contributed by atoms with Crippen LogP contribution in [0.25, 0.3) is 22.3 Å². The second kappa shape index (κ2) is 26.3. The van der Waals surface area contributed by atoms with Crippen LogP contribution in [0.4, 0.5) is 0 Å². The molecule has 0 bridgehead atoms. The molecule has 0 saturated carbocycles. The Hall–Kier alpha value is -5.93. The number of sulfonamides is 2. The van der Waals surface area contributed by atoms with E-state index in [-0.39, 0.29) is 41.0 Å². The number of aryl methyl sites for hydroxylation is 2. The summed E-state index contributed by atoms with van der Waals surface area (Å²) in [7, 11) is -8.27. The number of ether oxygens (including phenoxy) is 1. The summed E-state index contributed by atoms with van der Waals surface area (Å²) in [5.74, 6) is -0.533. The number of carbonyl (C=O) groups excluding carboxylic acids is 3. The predicted molar refractivity (Wildman–Crippen MR) is 280 cm³/mol. The van der Waals surface area contributed by atoms with Crippen LogP contribution < -0.4 is 15.2 Å². The lowest BCUT2D eigenvalue weighted by Gasteiger charge is -2.19. The summed E-state index contributed by atoms with van der Waals surface area (Å²) < 4.78 is 64.6. The van der Waals surface area contributed by atoms with Crippen molar-refractivity contribution in [2.75, 3.05) is 6.54 Å². The van der Waals surface area contributed by atoms with Gasteiger partial charge in [-0.3, -0.25) is 14.4 Å². The van der Waals surface area contributed by atoms with E-state index in [2.05, 4.69) is 28.5 Å². The first kappa shape index (κ1) is 58.0. The number of nitrogens with two attached hydrogens (primary N) is 1. The van der Waals surface area contributed by atoms with Crippen LogP contribution in [0.3, 0.4) is 0 Å². The molecular weight excluding hydrogens is 1020 g/mol. The molecule has 392 valence electrons. The fourth-order valence-electron chi connectivity index (χ4n) is 7.67. The number of unbranched alkanes of at least 4 members (excludes halogenated alkanes) is 2. The second-order valence-electron chi connectivity index (χ2n) is 18.0. The Morgan fingerprint density at radius 2 is 1.03 bits per heavy atom. The Labute approximate surface area is 437 Å². The van der Waals surface area contributed by atoms with Crippen LogP contribution in [0.15, 0.2) is 107 Å². The number of rotatable bonds is 22. The van der Waals surface area contributed by atoms with Crippen LogP contribution in [-0.4, -0.2) is 76.1 Å². The van der Waals surface area contributed by atoms with Gasteiger partial charge in [0.1, 0.15) is 17.2 Å². The molecule has 6 rings (SSSR count). The summed E-state index contributed by atoms with van der Waals surface area (Å²) in [5.41, 5.74) is 9.73. The summed E-state index contributed by atoms with van der Waals surface area (Å²) in [6.07, 6.45) is 4.86.